The van der Waals surface area contributed by atoms with E-state index in [9.17, 15) is 0 Å². The van der Waals surface area contributed by atoms with Gasteiger partial charge in [0.05, 0.1) is 13.2 Å². The van der Waals surface area contributed by atoms with Crippen molar-refractivity contribution < 1.29 is 9.15 Å². The Hall–Kier alpha value is -2.55. The summed E-state index contributed by atoms with van der Waals surface area (Å²) in [5.41, 5.74) is 1.75. The van der Waals surface area contributed by atoms with Gasteiger partial charge < -0.3 is 19.8 Å². The molecule has 0 saturated heterocycles. The molecule has 3 aromatic rings. The normalized spacial score (nSPS) is 10.9. The van der Waals surface area contributed by atoms with Crippen molar-refractivity contribution in [1.82, 2.24) is 15.6 Å². The molecule has 0 unspecified atom stereocenters. The molecule has 0 aliphatic heterocycles. The van der Waals surface area contributed by atoms with E-state index in [1.165, 1.54) is 0 Å². The van der Waals surface area contributed by atoms with Crippen molar-refractivity contribution in [1.29, 1.82) is 0 Å². The molecule has 2 aromatic carbocycles. The lowest BCUT2D eigenvalue weighted by Crippen LogP contribution is -2.38. The highest BCUT2D eigenvalue weighted by atomic mass is 127. The van der Waals surface area contributed by atoms with E-state index >= 15 is 0 Å². The molecule has 2 N–H and O–H groups in total. The zero-order chi connectivity index (χ0) is 19.4. The van der Waals surface area contributed by atoms with Crippen LogP contribution in [0.1, 0.15) is 19.0 Å². The third-order valence-corrected chi connectivity index (χ3v) is 3.94. The van der Waals surface area contributed by atoms with Crippen LogP contribution in [0, 0.1) is 0 Å². The molecule has 29 heavy (non-hydrogen) atoms. The van der Waals surface area contributed by atoms with Crippen LogP contribution in [-0.4, -0.2) is 30.6 Å². The SMILES string of the molecule is CCNC(=NCc1coc(-c2ccccc2)n1)NCCCOc1ccccc1.I. The van der Waals surface area contributed by atoms with Crippen LogP contribution < -0.4 is 15.4 Å². The maximum absolute atomic E-state index is 5.70. The van der Waals surface area contributed by atoms with Gasteiger partial charge in [0.15, 0.2) is 5.96 Å². The minimum Gasteiger partial charge on any atom is -0.494 e. The van der Waals surface area contributed by atoms with E-state index in [-0.39, 0.29) is 24.0 Å². The number of hydrogen-bond donors (Lipinski definition) is 2. The Morgan fingerprint density at radius 1 is 1.03 bits per heavy atom. The number of ether oxygens (including phenoxy) is 1. The molecule has 0 aliphatic rings. The van der Waals surface area contributed by atoms with Gasteiger partial charge >= 0.3 is 0 Å². The largest absolute Gasteiger partial charge is 0.494 e. The molecule has 0 spiro atoms. The van der Waals surface area contributed by atoms with Crippen molar-refractivity contribution >= 4 is 29.9 Å². The first-order valence-electron chi connectivity index (χ1n) is 9.55. The lowest BCUT2D eigenvalue weighted by molar-refractivity contribution is 0.311. The summed E-state index contributed by atoms with van der Waals surface area (Å²) >= 11 is 0. The van der Waals surface area contributed by atoms with Crippen LogP contribution in [0.25, 0.3) is 11.5 Å². The average Bonchev–Trinajstić information content (AvgIpc) is 3.22. The van der Waals surface area contributed by atoms with Crippen molar-refractivity contribution in [2.45, 2.75) is 19.9 Å². The molecule has 6 nitrogen and oxygen atoms in total. The van der Waals surface area contributed by atoms with E-state index in [2.05, 4.69) is 20.6 Å². The van der Waals surface area contributed by atoms with Crippen LogP contribution in [0.15, 0.2) is 76.3 Å². The van der Waals surface area contributed by atoms with E-state index in [1.807, 2.05) is 67.6 Å². The fourth-order valence-electron chi connectivity index (χ4n) is 2.58. The van der Waals surface area contributed by atoms with Crippen LogP contribution in [-0.2, 0) is 6.54 Å². The standard InChI is InChI=1S/C22H26N4O2.HI/c1-2-23-22(24-14-9-15-27-20-12-7-4-8-13-20)25-16-19-17-28-21(26-19)18-10-5-3-6-11-18;/h3-8,10-13,17H,2,9,14-16H2,1H3,(H2,23,24,25);1H. The van der Waals surface area contributed by atoms with E-state index in [1.54, 1.807) is 6.26 Å². The van der Waals surface area contributed by atoms with Gasteiger partial charge in [-0.15, -0.1) is 24.0 Å². The number of nitrogens with zero attached hydrogens (tertiary/aromatic N) is 2. The first-order chi connectivity index (χ1) is 13.8. The van der Waals surface area contributed by atoms with E-state index in [0.29, 0.717) is 19.0 Å². The molecule has 0 radical (unpaired) electrons. The van der Waals surface area contributed by atoms with Crippen LogP contribution >= 0.6 is 24.0 Å². The first kappa shape index (κ1) is 22.7. The Morgan fingerprint density at radius 2 is 1.76 bits per heavy atom. The zero-order valence-electron chi connectivity index (χ0n) is 16.5. The van der Waals surface area contributed by atoms with Crippen molar-refractivity contribution in [3.05, 3.63) is 72.6 Å². The number of para-hydroxylation sites is 1. The van der Waals surface area contributed by atoms with E-state index < -0.39 is 0 Å². The summed E-state index contributed by atoms with van der Waals surface area (Å²) in [7, 11) is 0. The predicted molar refractivity (Wildman–Crippen MR) is 127 cm³/mol. The van der Waals surface area contributed by atoms with Gasteiger partial charge in [0.2, 0.25) is 5.89 Å². The summed E-state index contributed by atoms with van der Waals surface area (Å²) in [6, 6.07) is 19.7. The number of aliphatic imine (C=N–C) groups is 1. The smallest absolute Gasteiger partial charge is 0.226 e. The van der Waals surface area contributed by atoms with Crippen molar-refractivity contribution in [3.8, 4) is 17.2 Å². The monoisotopic (exact) mass is 506 g/mol. The number of hydrogen-bond acceptors (Lipinski definition) is 4. The molecule has 154 valence electrons. The van der Waals surface area contributed by atoms with E-state index in [4.69, 9.17) is 9.15 Å². The molecule has 0 bridgehead atoms. The average molecular weight is 506 g/mol. The Morgan fingerprint density at radius 3 is 2.48 bits per heavy atom. The number of halogens is 1. The lowest BCUT2D eigenvalue weighted by atomic mass is 10.2. The van der Waals surface area contributed by atoms with Gasteiger partial charge in [-0.3, -0.25) is 0 Å². The summed E-state index contributed by atoms with van der Waals surface area (Å²) in [4.78, 5) is 9.08. The Balaban J connectivity index is 0.00000300. The van der Waals surface area contributed by atoms with Crippen molar-refractivity contribution in [2.75, 3.05) is 19.7 Å². The highest BCUT2D eigenvalue weighted by molar-refractivity contribution is 14.0. The van der Waals surface area contributed by atoms with Gasteiger partial charge in [-0.2, -0.15) is 0 Å². The fraction of sp³-hybridized carbons (Fsp3) is 0.273. The molecule has 0 aliphatic carbocycles. The summed E-state index contributed by atoms with van der Waals surface area (Å²) in [5.74, 6) is 2.26. The molecular formula is C22H27IN4O2. The Labute approximate surface area is 188 Å². The summed E-state index contributed by atoms with van der Waals surface area (Å²) < 4.78 is 11.3. The second-order valence-electron chi connectivity index (χ2n) is 6.15. The van der Waals surface area contributed by atoms with Gasteiger partial charge in [0, 0.05) is 18.7 Å². The summed E-state index contributed by atoms with van der Waals surface area (Å²) in [6.45, 7) is 4.71. The molecule has 0 fully saturated rings. The summed E-state index contributed by atoms with van der Waals surface area (Å²) in [5, 5.41) is 6.56. The van der Waals surface area contributed by atoms with Crippen LogP contribution in [0.2, 0.25) is 0 Å². The van der Waals surface area contributed by atoms with Crippen LogP contribution in [0.4, 0.5) is 0 Å². The maximum atomic E-state index is 5.70. The number of aromatic nitrogens is 1. The molecule has 1 aromatic heterocycles. The first-order valence-corrected chi connectivity index (χ1v) is 9.55. The van der Waals surface area contributed by atoms with Gasteiger partial charge in [0.25, 0.3) is 0 Å². The quantitative estimate of drug-likeness (QED) is 0.194. The van der Waals surface area contributed by atoms with E-state index in [0.717, 1.165) is 42.5 Å². The number of guanidine groups is 1. The minimum atomic E-state index is 0. The van der Waals surface area contributed by atoms with Crippen LogP contribution in [0.3, 0.4) is 0 Å². The molecular weight excluding hydrogens is 479 g/mol. The zero-order valence-corrected chi connectivity index (χ0v) is 18.8. The maximum Gasteiger partial charge on any atom is 0.226 e. The number of nitrogens with one attached hydrogen (secondary N) is 2. The highest BCUT2D eigenvalue weighted by Gasteiger charge is 2.06. The second kappa shape index (κ2) is 12.8. The lowest BCUT2D eigenvalue weighted by Gasteiger charge is -2.11. The molecule has 0 amide bonds. The Kier molecular flexibility index (Phi) is 10.1. The fourth-order valence-corrected chi connectivity index (χ4v) is 2.58. The van der Waals surface area contributed by atoms with Crippen molar-refractivity contribution in [2.24, 2.45) is 4.99 Å². The van der Waals surface area contributed by atoms with Gasteiger partial charge in [0.1, 0.15) is 17.7 Å². The Bertz CT molecular complexity index is 854. The van der Waals surface area contributed by atoms with Crippen LogP contribution in [0.5, 0.6) is 5.75 Å². The third-order valence-electron chi connectivity index (χ3n) is 3.94. The topological polar surface area (TPSA) is 71.7 Å². The second-order valence-corrected chi connectivity index (χ2v) is 6.15. The van der Waals surface area contributed by atoms with Gasteiger partial charge in [-0.25, -0.2) is 9.98 Å². The molecule has 3 rings (SSSR count). The van der Waals surface area contributed by atoms with Gasteiger partial charge in [-0.05, 0) is 37.6 Å². The molecule has 1 heterocycles. The van der Waals surface area contributed by atoms with Crippen molar-refractivity contribution in [3.63, 3.8) is 0 Å². The summed E-state index contributed by atoms with van der Waals surface area (Å²) in [6.07, 6.45) is 2.53. The molecule has 0 atom stereocenters. The molecule has 0 saturated carbocycles. The molecule has 7 heteroatoms. The highest BCUT2D eigenvalue weighted by Crippen LogP contribution is 2.18. The minimum absolute atomic E-state index is 0. The number of benzene rings is 2. The number of rotatable bonds is 9. The third kappa shape index (κ3) is 7.77. The number of oxazole rings is 1. The van der Waals surface area contributed by atoms with Gasteiger partial charge in [-0.1, -0.05) is 36.4 Å². The predicted octanol–water partition coefficient (Wildman–Crippen LogP) is 4.48.